The molecule has 17 heavy (non-hydrogen) atoms. The number of hydrogen-bond acceptors (Lipinski definition) is 2. The van der Waals surface area contributed by atoms with Gasteiger partial charge in [0.15, 0.2) is 0 Å². The highest BCUT2D eigenvalue weighted by molar-refractivity contribution is 4.89. The highest BCUT2D eigenvalue weighted by atomic mass is 16.1. The molecule has 0 aliphatic rings. The van der Waals surface area contributed by atoms with Crippen LogP contribution in [-0.2, 0) is 0 Å². The Kier molecular flexibility index (Phi) is 14.0. The molecule has 1 aromatic heterocycles. The van der Waals surface area contributed by atoms with Crippen molar-refractivity contribution in [1.29, 1.82) is 0 Å². The van der Waals surface area contributed by atoms with Crippen LogP contribution in [0.1, 0.15) is 41.0 Å². The van der Waals surface area contributed by atoms with Gasteiger partial charge in [-0.3, -0.25) is 4.79 Å². The molecule has 0 unspecified atom stereocenters. The molecule has 0 atom stereocenters. The summed E-state index contributed by atoms with van der Waals surface area (Å²) in [6, 6.07) is 5.57. The third-order valence-corrected chi connectivity index (χ3v) is 2.07. The monoisotopic (exact) mass is 240 g/mol. The van der Waals surface area contributed by atoms with Crippen molar-refractivity contribution in [2.24, 2.45) is 5.92 Å². The van der Waals surface area contributed by atoms with Crippen molar-refractivity contribution in [3.8, 4) is 0 Å². The number of rotatable bonds is 2. The quantitative estimate of drug-likeness (QED) is 0.834. The van der Waals surface area contributed by atoms with Crippen molar-refractivity contribution in [3.63, 3.8) is 0 Å². The molecule has 0 saturated carbocycles. The van der Waals surface area contributed by atoms with Crippen LogP contribution < -0.4 is 10.9 Å². The highest BCUT2D eigenvalue weighted by Crippen LogP contribution is 1.93. The van der Waals surface area contributed by atoms with Crippen LogP contribution in [0.3, 0.4) is 0 Å². The predicted molar refractivity (Wildman–Crippen MR) is 76.4 cm³/mol. The minimum atomic E-state index is -0.0532. The molecular formula is C14H28N2O. The number of H-pyrrole nitrogens is 1. The van der Waals surface area contributed by atoms with Crippen molar-refractivity contribution in [1.82, 2.24) is 10.3 Å². The van der Waals surface area contributed by atoms with Gasteiger partial charge in [0.1, 0.15) is 0 Å². The van der Waals surface area contributed by atoms with Gasteiger partial charge in [-0.25, -0.2) is 0 Å². The molecular weight excluding hydrogens is 212 g/mol. The zero-order valence-corrected chi connectivity index (χ0v) is 12.1. The third kappa shape index (κ3) is 20.9. The lowest BCUT2D eigenvalue weighted by Gasteiger charge is -1.95. The molecule has 0 spiro atoms. The van der Waals surface area contributed by atoms with Crippen LogP contribution in [0.2, 0.25) is 0 Å². The van der Waals surface area contributed by atoms with E-state index in [2.05, 4.69) is 44.9 Å². The normalized spacial score (nSPS) is 9.18. The van der Waals surface area contributed by atoms with Gasteiger partial charge in [-0.05, 0) is 19.0 Å². The summed E-state index contributed by atoms with van der Waals surface area (Å²) < 4.78 is 0. The smallest absolute Gasteiger partial charge is 0.247 e. The SMILES string of the molecule is CCC(C)C.CNC(C)C.O=c1cccc[nH]1. The summed E-state index contributed by atoms with van der Waals surface area (Å²) in [6.45, 7) is 10.9. The van der Waals surface area contributed by atoms with E-state index in [0.29, 0.717) is 6.04 Å². The van der Waals surface area contributed by atoms with Crippen LogP contribution in [-0.4, -0.2) is 18.1 Å². The molecule has 0 radical (unpaired) electrons. The Morgan fingerprint density at radius 1 is 1.24 bits per heavy atom. The van der Waals surface area contributed by atoms with Gasteiger partial charge in [0.25, 0.3) is 0 Å². The maximum absolute atomic E-state index is 10.2. The van der Waals surface area contributed by atoms with Crippen LogP contribution in [0.15, 0.2) is 29.2 Å². The lowest BCUT2D eigenvalue weighted by Crippen LogP contribution is -2.15. The summed E-state index contributed by atoms with van der Waals surface area (Å²) >= 11 is 0. The number of hydrogen-bond donors (Lipinski definition) is 2. The molecule has 100 valence electrons. The van der Waals surface area contributed by atoms with Crippen LogP contribution in [0.4, 0.5) is 0 Å². The lowest BCUT2D eigenvalue weighted by atomic mass is 10.2. The molecule has 3 nitrogen and oxygen atoms in total. The van der Waals surface area contributed by atoms with Crippen molar-refractivity contribution < 1.29 is 0 Å². The largest absolute Gasteiger partial charge is 0.329 e. The van der Waals surface area contributed by atoms with E-state index in [1.54, 1.807) is 18.3 Å². The Labute approximate surface area is 106 Å². The molecule has 2 N–H and O–H groups in total. The number of aromatic nitrogens is 1. The second kappa shape index (κ2) is 13.0. The first kappa shape index (κ1) is 18.3. The summed E-state index contributed by atoms with van der Waals surface area (Å²) in [6.07, 6.45) is 2.91. The van der Waals surface area contributed by atoms with Gasteiger partial charge in [-0.2, -0.15) is 0 Å². The lowest BCUT2D eigenvalue weighted by molar-refractivity contribution is 0.626. The van der Waals surface area contributed by atoms with E-state index in [9.17, 15) is 4.79 Å². The minimum absolute atomic E-state index is 0.0532. The maximum Gasteiger partial charge on any atom is 0.247 e. The summed E-state index contributed by atoms with van der Waals surface area (Å²) in [7, 11) is 1.95. The molecule has 0 aliphatic carbocycles. The summed E-state index contributed by atoms with van der Waals surface area (Å²) in [5.41, 5.74) is -0.0532. The van der Waals surface area contributed by atoms with E-state index in [4.69, 9.17) is 0 Å². The second-order valence-corrected chi connectivity index (χ2v) is 4.47. The summed E-state index contributed by atoms with van der Waals surface area (Å²) in [5.74, 6) is 0.884. The average Bonchev–Trinajstić information content (AvgIpc) is 2.31. The van der Waals surface area contributed by atoms with E-state index >= 15 is 0 Å². The van der Waals surface area contributed by atoms with Gasteiger partial charge in [0, 0.05) is 18.3 Å². The molecule has 0 aromatic carbocycles. The first-order valence-electron chi connectivity index (χ1n) is 6.24. The zero-order chi connectivity index (χ0) is 13.7. The Hall–Kier alpha value is -1.09. The summed E-state index contributed by atoms with van der Waals surface area (Å²) in [5, 5.41) is 3.03. The van der Waals surface area contributed by atoms with E-state index in [1.165, 1.54) is 12.5 Å². The highest BCUT2D eigenvalue weighted by Gasteiger charge is 1.80. The third-order valence-electron chi connectivity index (χ3n) is 2.07. The fourth-order valence-corrected chi connectivity index (χ4v) is 0.377. The maximum atomic E-state index is 10.2. The fraction of sp³-hybridized carbons (Fsp3) is 0.643. The fourth-order valence-electron chi connectivity index (χ4n) is 0.377. The molecule has 3 heteroatoms. The molecule has 0 bridgehead atoms. The second-order valence-electron chi connectivity index (χ2n) is 4.47. The minimum Gasteiger partial charge on any atom is -0.329 e. The molecule has 1 heterocycles. The van der Waals surface area contributed by atoms with Crippen LogP contribution >= 0.6 is 0 Å². The van der Waals surface area contributed by atoms with Gasteiger partial charge in [0.05, 0.1) is 0 Å². The van der Waals surface area contributed by atoms with Crippen molar-refractivity contribution in [2.45, 2.75) is 47.1 Å². The van der Waals surface area contributed by atoms with Crippen molar-refractivity contribution >= 4 is 0 Å². The van der Waals surface area contributed by atoms with Crippen LogP contribution in [0.5, 0.6) is 0 Å². The van der Waals surface area contributed by atoms with E-state index < -0.39 is 0 Å². The molecule has 0 aliphatic heterocycles. The Bertz CT molecular complexity index is 267. The van der Waals surface area contributed by atoms with Gasteiger partial charge in [-0.1, -0.05) is 47.1 Å². The topological polar surface area (TPSA) is 44.9 Å². The van der Waals surface area contributed by atoms with Crippen molar-refractivity contribution in [3.05, 3.63) is 34.7 Å². The predicted octanol–water partition coefficient (Wildman–Crippen LogP) is 3.04. The Balaban J connectivity index is 0. The van der Waals surface area contributed by atoms with Gasteiger partial charge < -0.3 is 10.3 Å². The molecule has 1 rings (SSSR count). The van der Waals surface area contributed by atoms with Crippen LogP contribution in [0.25, 0.3) is 0 Å². The van der Waals surface area contributed by atoms with Gasteiger partial charge in [0.2, 0.25) is 5.56 Å². The van der Waals surface area contributed by atoms with E-state index in [1.807, 2.05) is 7.05 Å². The number of nitrogens with one attached hydrogen (secondary N) is 2. The molecule has 0 amide bonds. The first-order chi connectivity index (χ1) is 7.93. The Morgan fingerprint density at radius 2 is 1.71 bits per heavy atom. The van der Waals surface area contributed by atoms with E-state index in [-0.39, 0.29) is 5.56 Å². The van der Waals surface area contributed by atoms with Gasteiger partial charge >= 0.3 is 0 Å². The first-order valence-corrected chi connectivity index (χ1v) is 6.24. The van der Waals surface area contributed by atoms with Crippen molar-refractivity contribution in [2.75, 3.05) is 7.05 Å². The standard InChI is InChI=1S/C5H5NO.C5H12.C4H11N/c7-5-3-1-2-4-6-5;1-4-5(2)3;1-4(2)5-3/h1-4H,(H,6,7);5H,4H2,1-3H3;4-5H,1-3H3. The van der Waals surface area contributed by atoms with Gasteiger partial charge in [-0.15, -0.1) is 0 Å². The van der Waals surface area contributed by atoms with Crippen LogP contribution in [0, 0.1) is 5.92 Å². The zero-order valence-electron chi connectivity index (χ0n) is 12.1. The number of pyridine rings is 1. The molecule has 1 aromatic rings. The van der Waals surface area contributed by atoms with E-state index in [0.717, 1.165) is 5.92 Å². The molecule has 0 saturated heterocycles. The molecule has 0 fully saturated rings. The average molecular weight is 240 g/mol. The number of aromatic amines is 1. The Morgan fingerprint density at radius 3 is 1.82 bits per heavy atom. The summed E-state index contributed by atoms with van der Waals surface area (Å²) in [4.78, 5) is 12.7.